The number of benzene rings is 2. The van der Waals surface area contributed by atoms with Crippen LogP contribution in [0.4, 0.5) is 4.39 Å². The van der Waals surface area contributed by atoms with Crippen molar-refractivity contribution in [2.75, 3.05) is 0 Å². The Morgan fingerprint density at radius 3 is 2.24 bits per heavy atom. The third kappa shape index (κ3) is 4.86. The largest absolute Gasteiger partial charge is 0.205 e. The van der Waals surface area contributed by atoms with Crippen LogP contribution < -0.4 is 0 Å². The Kier molecular flexibility index (Phi) is 6.16. The number of rotatable bonds is 3. The Balaban J connectivity index is 1.63. The maximum atomic E-state index is 13.4. The van der Waals surface area contributed by atoms with Crippen LogP contribution in [0.15, 0.2) is 42.5 Å². The van der Waals surface area contributed by atoms with Crippen LogP contribution in [0.3, 0.4) is 0 Å². The van der Waals surface area contributed by atoms with Crippen molar-refractivity contribution in [3.63, 3.8) is 0 Å². The predicted molar refractivity (Wildman–Crippen MR) is 103 cm³/mol. The Labute approximate surface area is 155 Å². The van der Waals surface area contributed by atoms with E-state index in [0.717, 1.165) is 11.5 Å². The molecule has 0 saturated heterocycles. The van der Waals surface area contributed by atoms with E-state index >= 15 is 0 Å². The minimum Gasteiger partial charge on any atom is -0.205 e. The molecule has 1 saturated carbocycles. The first kappa shape index (κ1) is 18.0. The minimum atomic E-state index is -0.428. The van der Waals surface area contributed by atoms with Gasteiger partial charge in [0.25, 0.3) is 0 Å². The Morgan fingerprint density at radius 2 is 1.60 bits per heavy atom. The molecule has 3 rings (SSSR count). The first-order valence-corrected chi connectivity index (χ1v) is 9.60. The fraction of sp³-hybridized carbons (Fsp3) is 0.391. The molecule has 0 heterocycles. The molecule has 130 valence electrons. The summed E-state index contributed by atoms with van der Waals surface area (Å²) >= 11 is 5.69. The lowest BCUT2D eigenvalue weighted by atomic mass is 9.77. The van der Waals surface area contributed by atoms with Crippen LogP contribution >= 0.6 is 11.6 Å². The summed E-state index contributed by atoms with van der Waals surface area (Å²) < 4.78 is 13.4. The monoisotopic (exact) mass is 354 g/mol. The van der Waals surface area contributed by atoms with E-state index < -0.39 is 5.82 Å². The summed E-state index contributed by atoms with van der Waals surface area (Å²) in [5.41, 5.74) is 3.03. The smallest absolute Gasteiger partial charge is 0.143 e. The van der Waals surface area contributed by atoms with Gasteiger partial charge in [0, 0.05) is 11.1 Å². The van der Waals surface area contributed by atoms with E-state index in [1.807, 2.05) is 0 Å². The molecule has 1 fully saturated rings. The fourth-order valence-electron chi connectivity index (χ4n) is 3.75. The Morgan fingerprint density at radius 1 is 0.960 bits per heavy atom. The molecule has 2 heteroatoms. The third-order valence-electron chi connectivity index (χ3n) is 5.20. The molecule has 2 aromatic rings. The Bertz CT molecular complexity index is 759. The number of hydrogen-bond donors (Lipinski definition) is 0. The normalized spacial score (nSPS) is 20.0. The van der Waals surface area contributed by atoms with Gasteiger partial charge in [-0.05, 0) is 73.4 Å². The van der Waals surface area contributed by atoms with E-state index in [-0.39, 0.29) is 5.02 Å². The van der Waals surface area contributed by atoms with Gasteiger partial charge in [-0.25, -0.2) is 4.39 Å². The molecule has 1 aliphatic carbocycles. The molecular weight excluding hydrogens is 331 g/mol. The maximum absolute atomic E-state index is 13.4. The van der Waals surface area contributed by atoms with Crippen LogP contribution in [-0.2, 0) is 0 Å². The quantitative estimate of drug-likeness (QED) is 0.523. The molecule has 0 amide bonds. The molecule has 0 aromatic heterocycles. The topological polar surface area (TPSA) is 0 Å². The van der Waals surface area contributed by atoms with E-state index in [2.05, 4.69) is 43.0 Å². The Hall–Kier alpha value is -1.78. The standard InChI is InChI=1S/C23H24ClF/c1-2-3-17-6-11-20(12-7-17)21-13-8-18(9-14-21)4-5-19-10-15-22(24)23(25)16-19/h8-10,13-17,20H,2-3,6-7,11-12H2,1H3. The van der Waals surface area contributed by atoms with Gasteiger partial charge in [-0.15, -0.1) is 0 Å². The summed E-state index contributed by atoms with van der Waals surface area (Å²) in [6, 6.07) is 13.2. The SMILES string of the molecule is CCCC1CCC(c2ccc(C#Cc3ccc(Cl)c(F)c3)cc2)CC1. The summed E-state index contributed by atoms with van der Waals surface area (Å²) in [4.78, 5) is 0. The molecule has 0 N–H and O–H groups in total. The van der Waals surface area contributed by atoms with Crippen LogP contribution in [0.5, 0.6) is 0 Å². The van der Waals surface area contributed by atoms with Crippen molar-refractivity contribution in [2.45, 2.75) is 51.4 Å². The van der Waals surface area contributed by atoms with E-state index in [1.165, 1.54) is 50.2 Å². The van der Waals surface area contributed by atoms with E-state index in [0.29, 0.717) is 11.5 Å². The zero-order valence-corrected chi connectivity index (χ0v) is 15.5. The van der Waals surface area contributed by atoms with Crippen molar-refractivity contribution in [1.29, 1.82) is 0 Å². The molecule has 0 atom stereocenters. The highest BCUT2D eigenvalue weighted by atomic mass is 35.5. The molecule has 0 aliphatic heterocycles. The van der Waals surface area contributed by atoms with Crippen molar-refractivity contribution in [2.24, 2.45) is 5.92 Å². The van der Waals surface area contributed by atoms with Gasteiger partial charge < -0.3 is 0 Å². The molecule has 25 heavy (non-hydrogen) atoms. The second-order valence-electron chi connectivity index (χ2n) is 7.01. The van der Waals surface area contributed by atoms with Crippen LogP contribution in [0.25, 0.3) is 0 Å². The zero-order valence-electron chi connectivity index (χ0n) is 14.7. The minimum absolute atomic E-state index is 0.128. The average molecular weight is 355 g/mol. The summed E-state index contributed by atoms with van der Waals surface area (Å²) in [6.45, 7) is 2.28. The summed E-state index contributed by atoms with van der Waals surface area (Å²) in [6.07, 6.45) is 8.02. The first-order valence-electron chi connectivity index (χ1n) is 9.22. The number of halogens is 2. The highest BCUT2D eigenvalue weighted by Gasteiger charge is 2.21. The van der Waals surface area contributed by atoms with E-state index in [4.69, 9.17) is 11.6 Å². The van der Waals surface area contributed by atoms with Gasteiger partial charge in [0.15, 0.2) is 0 Å². The van der Waals surface area contributed by atoms with Crippen LogP contribution in [0.1, 0.15) is 68.1 Å². The summed E-state index contributed by atoms with van der Waals surface area (Å²) in [7, 11) is 0. The maximum Gasteiger partial charge on any atom is 0.143 e. The molecule has 0 unspecified atom stereocenters. The molecule has 0 nitrogen and oxygen atoms in total. The molecular formula is C23H24ClF. The number of hydrogen-bond acceptors (Lipinski definition) is 0. The van der Waals surface area contributed by atoms with Crippen molar-refractivity contribution >= 4 is 11.6 Å². The van der Waals surface area contributed by atoms with Crippen molar-refractivity contribution < 1.29 is 4.39 Å². The highest BCUT2D eigenvalue weighted by molar-refractivity contribution is 6.30. The molecule has 2 aromatic carbocycles. The van der Waals surface area contributed by atoms with Gasteiger partial charge in [-0.1, -0.05) is 55.3 Å². The van der Waals surface area contributed by atoms with Gasteiger partial charge in [-0.2, -0.15) is 0 Å². The van der Waals surface area contributed by atoms with Crippen molar-refractivity contribution in [3.05, 3.63) is 70.0 Å². The molecule has 0 radical (unpaired) electrons. The van der Waals surface area contributed by atoms with E-state index in [9.17, 15) is 4.39 Å². The van der Waals surface area contributed by atoms with Crippen LogP contribution in [0, 0.1) is 23.6 Å². The first-order chi connectivity index (χ1) is 12.2. The molecule has 0 bridgehead atoms. The lowest BCUT2D eigenvalue weighted by Crippen LogP contribution is -2.13. The van der Waals surface area contributed by atoms with E-state index in [1.54, 1.807) is 12.1 Å². The van der Waals surface area contributed by atoms with Crippen molar-refractivity contribution in [1.82, 2.24) is 0 Å². The fourth-order valence-corrected chi connectivity index (χ4v) is 3.87. The van der Waals surface area contributed by atoms with Gasteiger partial charge in [-0.3, -0.25) is 0 Å². The average Bonchev–Trinajstić information content (AvgIpc) is 2.64. The molecule has 1 aliphatic rings. The zero-order chi connectivity index (χ0) is 17.6. The van der Waals surface area contributed by atoms with Crippen LogP contribution in [0.2, 0.25) is 5.02 Å². The molecule has 0 spiro atoms. The second kappa shape index (κ2) is 8.54. The lowest BCUT2D eigenvalue weighted by Gasteiger charge is -2.28. The van der Waals surface area contributed by atoms with Gasteiger partial charge in [0.05, 0.1) is 5.02 Å². The second-order valence-corrected chi connectivity index (χ2v) is 7.41. The van der Waals surface area contributed by atoms with Crippen LogP contribution in [-0.4, -0.2) is 0 Å². The summed E-state index contributed by atoms with van der Waals surface area (Å²) in [5.74, 6) is 7.30. The summed E-state index contributed by atoms with van der Waals surface area (Å²) in [5, 5.41) is 0.128. The lowest BCUT2D eigenvalue weighted by molar-refractivity contribution is 0.308. The highest BCUT2D eigenvalue weighted by Crippen LogP contribution is 2.37. The van der Waals surface area contributed by atoms with Gasteiger partial charge in [0.1, 0.15) is 5.82 Å². The third-order valence-corrected chi connectivity index (χ3v) is 5.50. The van der Waals surface area contributed by atoms with Gasteiger partial charge >= 0.3 is 0 Å². The van der Waals surface area contributed by atoms with Crippen molar-refractivity contribution in [3.8, 4) is 11.8 Å². The predicted octanol–water partition coefficient (Wildman–Crippen LogP) is 6.95. The van der Waals surface area contributed by atoms with Gasteiger partial charge in [0.2, 0.25) is 0 Å².